The maximum Gasteiger partial charge on any atom is 0.00844 e. The van der Waals surface area contributed by atoms with Gasteiger partial charge < -0.3 is 10.6 Å². The maximum atomic E-state index is 3.88. The highest BCUT2D eigenvalue weighted by Crippen LogP contribution is 2.22. The predicted octanol–water partition coefficient (Wildman–Crippen LogP) is 2.44. The van der Waals surface area contributed by atoms with Gasteiger partial charge in [-0.25, -0.2) is 0 Å². The summed E-state index contributed by atoms with van der Waals surface area (Å²) in [5.41, 5.74) is 0. The molecule has 0 bridgehead atoms. The number of nitrogens with one attached hydrogen (secondary N) is 2. The van der Waals surface area contributed by atoms with Gasteiger partial charge in [0.25, 0.3) is 0 Å². The molecule has 0 aromatic carbocycles. The highest BCUT2D eigenvalue weighted by Gasteiger charge is 2.23. The fourth-order valence-corrected chi connectivity index (χ4v) is 3.21. The van der Waals surface area contributed by atoms with Gasteiger partial charge in [0.1, 0.15) is 0 Å². The normalized spacial score (nSPS) is 34.2. The molecule has 0 aromatic rings. The van der Waals surface area contributed by atoms with Crippen LogP contribution in [0.1, 0.15) is 57.8 Å². The molecule has 15 heavy (non-hydrogen) atoms. The summed E-state index contributed by atoms with van der Waals surface area (Å²) in [6.07, 6.45) is 12.7. The highest BCUT2D eigenvalue weighted by molar-refractivity contribution is 4.84. The highest BCUT2D eigenvalue weighted by atomic mass is 15.0. The molecule has 2 aliphatic carbocycles. The zero-order chi connectivity index (χ0) is 10.5. The molecule has 2 heteroatoms. The molecule has 0 heterocycles. The molecule has 2 atom stereocenters. The summed E-state index contributed by atoms with van der Waals surface area (Å²) in [5.74, 6) is 0. The third-order valence-electron chi connectivity index (χ3n) is 4.16. The van der Waals surface area contributed by atoms with E-state index in [1.807, 2.05) is 0 Å². The Morgan fingerprint density at radius 3 is 2.13 bits per heavy atom. The van der Waals surface area contributed by atoms with E-state index in [9.17, 15) is 0 Å². The summed E-state index contributed by atoms with van der Waals surface area (Å²) in [4.78, 5) is 0. The Morgan fingerprint density at radius 1 is 0.733 bits per heavy atom. The zero-order valence-electron chi connectivity index (χ0n) is 10.1. The molecule has 0 aromatic heterocycles. The Morgan fingerprint density at radius 2 is 1.40 bits per heavy atom. The van der Waals surface area contributed by atoms with E-state index in [1.54, 1.807) is 0 Å². The minimum Gasteiger partial charge on any atom is -0.317 e. The SMILES string of the molecule is CNC1CCCC(NC2CCCCC2)C1. The van der Waals surface area contributed by atoms with Gasteiger partial charge in [0.15, 0.2) is 0 Å². The minimum absolute atomic E-state index is 0.764. The second kappa shape index (κ2) is 5.86. The van der Waals surface area contributed by atoms with Crippen molar-refractivity contribution in [3.63, 3.8) is 0 Å². The second-order valence-electron chi connectivity index (χ2n) is 5.35. The molecule has 2 unspecified atom stereocenters. The van der Waals surface area contributed by atoms with Gasteiger partial charge in [-0.05, 0) is 39.2 Å². The number of rotatable bonds is 3. The van der Waals surface area contributed by atoms with Crippen LogP contribution in [-0.4, -0.2) is 25.2 Å². The van der Waals surface area contributed by atoms with Crippen molar-refractivity contribution in [3.8, 4) is 0 Å². The first-order chi connectivity index (χ1) is 7.38. The van der Waals surface area contributed by atoms with Crippen LogP contribution in [0.25, 0.3) is 0 Å². The van der Waals surface area contributed by atoms with Crippen LogP contribution >= 0.6 is 0 Å². The van der Waals surface area contributed by atoms with E-state index in [0.717, 1.165) is 18.1 Å². The molecule has 0 spiro atoms. The molecule has 2 nitrogen and oxygen atoms in total. The zero-order valence-corrected chi connectivity index (χ0v) is 10.1. The first-order valence-corrected chi connectivity index (χ1v) is 6.82. The van der Waals surface area contributed by atoms with Gasteiger partial charge in [-0.2, -0.15) is 0 Å². The third kappa shape index (κ3) is 3.46. The van der Waals surface area contributed by atoms with Crippen LogP contribution in [0.15, 0.2) is 0 Å². The molecule has 2 rings (SSSR count). The molecular weight excluding hydrogens is 184 g/mol. The Hall–Kier alpha value is -0.0800. The summed E-state index contributed by atoms with van der Waals surface area (Å²) < 4.78 is 0. The van der Waals surface area contributed by atoms with Crippen LogP contribution in [0, 0.1) is 0 Å². The molecule has 0 radical (unpaired) electrons. The predicted molar refractivity (Wildman–Crippen MR) is 65.1 cm³/mol. The molecule has 0 saturated heterocycles. The summed E-state index contributed by atoms with van der Waals surface area (Å²) in [5, 5.41) is 7.31. The summed E-state index contributed by atoms with van der Waals surface area (Å²) >= 11 is 0. The van der Waals surface area contributed by atoms with Gasteiger partial charge in [-0.1, -0.05) is 25.7 Å². The quantitative estimate of drug-likeness (QED) is 0.747. The van der Waals surface area contributed by atoms with Crippen molar-refractivity contribution in [1.82, 2.24) is 10.6 Å². The van der Waals surface area contributed by atoms with Crippen molar-refractivity contribution in [1.29, 1.82) is 0 Å². The molecule has 0 aliphatic heterocycles. The largest absolute Gasteiger partial charge is 0.317 e. The fraction of sp³-hybridized carbons (Fsp3) is 1.00. The van der Waals surface area contributed by atoms with Crippen LogP contribution < -0.4 is 10.6 Å². The lowest BCUT2D eigenvalue weighted by atomic mass is 9.88. The standard InChI is InChI=1S/C13H26N2/c1-14-12-8-5-9-13(10-12)15-11-6-3-2-4-7-11/h11-15H,2-10H2,1H3. The Labute approximate surface area is 94.2 Å². The van der Waals surface area contributed by atoms with Crippen molar-refractivity contribution in [2.45, 2.75) is 75.9 Å². The fourth-order valence-electron chi connectivity index (χ4n) is 3.21. The Bertz CT molecular complexity index is 175. The van der Waals surface area contributed by atoms with E-state index >= 15 is 0 Å². The lowest BCUT2D eigenvalue weighted by molar-refractivity contribution is 0.263. The van der Waals surface area contributed by atoms with Crippen molar-refractivity contribution in [2.24, 2.45) is 0 Å². The van der Waals surface area contributed by atoms with E-state index in [0.29, 0.717) is 0 Å². The van der Waals surface area contributed by atoms with Gasteiger partial charge in [0.2, 0.25) is 0 Å². The topological polar surface area (TPSA) is 24.1 Å². The minimum atomic E-state index is 0.764. The molecule has 2 N–H and O–H groups in total. The van der Waals surface area contributed by atoms with Crippen LogP contribution in [0.4, 0.5) is 0 Å². The van der Waals surface area contributed by atoms with Crippen LogP contribution in [0.3, 0.4) is 0 Å². The molecule has 0 amide bonds. The Kier molecular flexibility index (Phi) is 4.45. The monoisotopic (exact) mass is 210 g/mol. The first-order valence-electron chi connectivity index (χ1n) is 6.82. The molecule has 88 valence electrons. The van der Waals surface area contributed by atoms with Crippen LogP contribution in [-0.2, 0) is 0 Å². The van der Waals surface area contributed by atoms with E-state index in [-0.39, 0.29) is 0 Å². The van der Waals surface area contributed by atoms with Crippen molar-refractivity contribution >= 4 is 0 Å². The first kappa shape index (κ1) is 11.4. The molecule has 2 fully saturated rings. The van der Waals surface area contributed by atoms with Crippen LogP contribution in [0.2, 0.25) is 0 Å². The lowest BCUT2D eigenvalue weighted by Crippen LogP contribution is -2.45. The number of hydrogen-bond acceptors (Lipinski definition) is 2. The second-order valence-corrected chi connectivity index (χ2v) is 5.35. The molecular formula is C13H26N2. The van der Waals surface area contributed by atoms with E-state index in [4.69, 9.17) is 0 Å². The van der Waals surface area contributed by atoms with Gasteiger partial charge in [-0.3, -0.25) is 0 Å². The van der Waals surface area contributed by atoms with E-state index in [1.165, 1.54) is 57.8 Å². The average Bonchev–Trinajstić information content (AvgIpc) is 2.31. The van der Waals surface area contributed by atoms with Gasteiger partial charge in [0, 0.05) is 18.1 Å². The number of hydrogen-bond donors (Lipinski definition) is 2. The summed E-state index contributed by atoms with van der Waals surface area (Å²) in [7, 11) is 2.10. The Balaban J connectivity index is 1.72. The summed E-state index contributed by atoms with van der Waals surface area (Å²) in [6.45, 7) is 0. The van der Waals surface area contributed by atoms with Crippen molar-refractivity contribution in [3.05, 3.63) is 0 Å². The average molecular weight is 210 g/mol. The van der Waals surface area contributed by atoms with Crippen molar-refractivity contribution < 1.29 is 0 Å². The smallest absolute Gasteiger partial charge is 0.00844 e. The molecule has 2 saturated carbocycles. The summed E-state index contributed by atoms with van der Waals surface area (Å²) in [6, 6.07) is 2.39. The van der Waals surface area contributed by atoms with Gasteiger partial charge in [-0.15, -0.1) is 0 Å². The van der Waals surface area contributed by atoms with E-state index in [2.05, 4.69) is 17.7 Å². The third-order valence-corrected chi connectivity index (χ3v) is 4.16. The maximum absolute atomic E-state index is 3.88. The lowest BCUT2D eigenvalue weighted by Gasteiger charge is -2.34. The molecule has 2 aliphatic rings. The van der Waals surface area contributed by atoms with Crippen LogP contribution in [0.5, 0.6) is 0 Å². The van der Waals surface area contributed by atoms with E-state index < -0.39 is 0 Å². The van der Waals surface area contributed by atoms with Gasteiger partial charge >= 0.3 is 0 Å². The van der Waals surface area contributed by atoms with Crippen molar-refractivity contribution in [2.75, 3.05) is 7.05 Å². The van der Waals surface area contributed by atoms with Gasteiger partial charge in [0.05, 0.1) is 0 Å².